The molecule has 1 aromatic rings. The number of hydrogen-bond donors (Lipinski definition) is 2. The standard InChI is InChI=1S/C12H17NO5/c1-9(15)11-8-10(13(16)17)4-5-12(11)18-7-3-2-6-14/h4-5,8-9,14-15H,2-3,6-7H2,1H3/t9-/m0/s1. The van der Waals surface area contributed by atoms with E-state index in [9.17, 15) is 15.2 Å². The molecule has 0 aliphatic rings. The lowest BCUT2D eigenvalue weighted by Gasteiger charge is -2.13. The fourth-order valence-electron chi connectivity index (χ4n) is 1.50. The first-order chi connectivity index (χ1) is 8.56. The molecular weight excluding hydrogens is 238 g/mol. The van der Waals surface area contributed by atoms with E-state index in [1.54, 1.807) is 0 Å². The van der Waals surface area contributed by atoms with Crippen molar-refractivity contribution in [1.82, 2.24) is 0 Å². The molecule has 0 saturated heterocycles. The summed E-state index contributed by atoms with van der Waals surface area (Å²) in [6, 6.07) is 4.14. The Bertz CT molecular complexity index is 405. The monoisotopic (exact) mass is 255 g/mol. The zero-order valence-corrected chi connectivity index (χ0v) is 10.2. The van der Waals surface area contributed by atoms with E-state index in [0.717, 1.165) is 0 Å². The number of ether oxygens (including phenoxy) is 1. The third-order valence-electron chi connectivity index (χ3n) is 2.46. The van der Waals surface area contributed by atoms with Crippen molar-refractivity contribution in [3.8, 4) is 5.75 Å². The van der Waals surface area contributed by atoms with Crippen molar-refractivity contribution in [2.24, 2.45) is 0 Å². The molecule has 1 aromatic carbocycles. The van der Waals surface area contributed by atoms with E-state index in [0.29, 0.717) is 30.8 Å². The maximum absolute atomic E-state index is 10.6. The van der Waals surface area contributed by atoms with Gasteiger partial charge in [0.25, 0.3) is 5.69 Å². The van der Waals surface area contributed by atoms with Crippen molar-refractivity contribution in [2.75, 3.05) is 13.2 Å². The first kappa shape index (κ1) is 14.4. The van der Waals surface area contributed by atoms with Gasteiger partial charge in [-0.05, 0) is 25.8 Å². The van der Waals surface area contributed by atoms with Gasteiger partial charge in [0.1, 0.15) is 5.75 Å². The number of non-ortho nitro benzene ring substituents is 1. The number of unbranched alkanes of at least 4 members (excludes halogenated alkanes) is 1. The van der Waals surface area contributed by atoms with E-state index in [-0.39, 0.29) is 12.3 Å². The lowest BCUT2D eigenvalue weighted by molar-refractivity contribution is -0.385. The maximum atomic E-state index is 10.6. The van der Waals surface area contributed by atoms with Crippen LogP contribution in [0.15, 0.2) is 18.2 Å². The molecule has 0 aromatic heterocycles. The Labute approximate surface area is 105 Å². The Balaban J connectivity index is 2.80. The fraction of sp³-hybridized carbons (Fsp3) is 0.500. The van der Waals surface area contributed by atoms with Gasteiger partial charge in [-0.15, -0.1) is 0 Å². The molecule has 1 rings (SSSR count). The van der Waals surface area contributed by atoms with Gasteiger partial charge in [-0.25, -0.2) is 0 Å². The molecule has 0 heterocycles. The highest BCUT2D eigenvalue weighted by atomic mass is 16.6. The Morgan fingerprint density at radius 2 is 2.17 bits per heavy atom. The Kier molecular flexibility index (Phi) is 5.54. The molecule has 0 fully saturated rings. The number of aliphatic hydroxyl groups is 2. The van der Waals surface area contributed by atoms with E-state index in [2.05, 4.69) is 0 Å². The number of rotatable bonds is 7. The molecule has 6 nitrogen and oxygen atoms in total. The summed E-state index contributed by atoms with van der Waals surface area (Å²) in [5, 5.41) is 28.8. The minimum absolute atomic E-state index is 0.0754. The highest BCUT2D eigenvalue weighted by molar-refractivity contribution is 5.44. The maximum Gasteiger partial charge on any atom is 0.270 e. The summed E-state index contributed by atoms with van der Waals surface area (Å²) in [7, 11) is 0. The molecule has 0 spiro atoms. The lowest BCUT2D eigenvalue weighted by atomic mass is 10.1. The van der Waals surface area contributed by atoms with Crippen LogP contribution in [0, 0.1) is 10.1 Å². The summed E-state index contributed by atoms with van der Waals surface area (Å²) in [6.07, 6.45) is 0.488. The summed E-state index contributed by atoms with van der Waals surface area (Å²) < 4.78 is 5.44. The minimum atomic E-state index is -0.835. The number of aliphatic hydroxyl groups excluding tert-OH is 2. The van der Waals surface area contributed by atoms with Gasteiger partial charge in [-0.1, -0.05) is 0 Å². The largest absolute Gasteiger partial charge is 0.493 e. The zero-order valence-electron chi connectivity index (χ0n) is 10.2. The van der Waals surface area contributed by atoms with Crippen LogP contribution in [-0.4, -0.2) is 28.4 Å². The third kappa shape index (κ3) is 3.97. The van der Waals surface area contributed by atoms with Crippen molar-refractivity contribution in [1.29, 1.82) is 0 Å². The highest BCUT2D eigenvalue weighted by Crippen LogP contribution is 2.29. The number of nitro benzene ring substituents is 1. The van der Waals surface area contributed by atoms with Crippen LogP contribution in [0.25, 0.3) is 0 Å². The fourth-order valence-corrected chi connectivity index (χ4v) is 1.50. The van der Waals surface area contributed by atoms with Gasteiger partial charge in [-0.2, -0.15) is 0 Å². The molecule has 6 heteroatoms. The molecule has 0 saturated carbocycles. The summed E-state index contributed by atoms with van der Waals surface area (Å²) in [5.74, 6) is 0.438. The van der Waals surface area contributed by atoms with Crippen LogP contribution in [0.2, 0.25) is 0 Å². The van der Waals surface area contributed by atoms with Crippen molar-refractivity contribution < 1.29 is 19.9 Å². The van der Waals surface area contributed by atoms with Crippen LogP contribution in [0.3, 0.4) is 0 Å². The van der Waals surface area contributed by atoms with Gasteiger partial charge in [0.15, 0.2) is 0 Å². The van der Waals surface area contributed by atoms with Gasteiger partial charge in [0.2, 0.25) is 0 Å². The molecule has 2 N–H and O–H groups in total. The molecule has 0 aliphatic carbocycles. The van der Waals surface area contributed by atoms with Crippen molar-refractivity contribution in [2.45, 2.75) is 25.9 Å². The van der Waals surface area contributed by atoms with Crippen LogP contribution in [0.4, 0.5) is 5.69 Å². The molecule has 18 heavy (non-hydrogen) atoms. The van der Waals surface area contributed by atoms with E-state index >= 15 is 0 Å². The van der Waals surface area contributed by atoms with Gasteiger partial charge in [-0.3, -0.25) is 10.1 Å². The van der Waals surface area contributed by atoms with Crippen LogP contribution in [0.5, 0.6) is 5.75 Å². The second kappa shape index (κ2) is 6.93. The van der Waals surface area contributed by atoms with Gasteiger partial charge in [0.05, 0.1) is 17.6 Å². The van der Waals surface area contributed by atoms with Crippen molar-refractivity contribution >= 4 is 5.69 Å². The molecule has 100 valence electrons. The molecule has 0 aliphatic heterocycles. The predicted molar refractivity (Wildman–Crippen MR) is 65.5 cm³/mol. The first-order valence-corrected chi connectivity index (χ1v) is 5.76. The number of nitrogens with zero attached hydrogens (tertiary/aromatic N) is 1. The molecule has 1 atom stereocenters. The Morgan fingerprint density at radius 1 is 1.44 bits per heavy atom. The van der Waals surface area contributed by atoms with E-state index in [1.165, 1.54) is 25.1 Å². The number of hydrogen-bond acceptors (Lipinski definition) is 5. The number of nitro groups is 1. The lowest BCUT2D eigenvalue weighted by Crippen LogP contribution is -2.04. The molecule has 0 radical (unpaired) electrons. The third-order valence-corrected chi connectivity index (χ3v) is 2.46. The van der Waals surface area contributed by atoms with Gasteiger partial charge in [0, 0.05) is 24.3 Å². The minimum Gasteiger partial charge on any atom is -0.493 e. The number of benzene rings is 1. The average Bonchev–Trinajstić information content (AvgIpc) is 2.34. The topological polar surface area (TPSA) is 92.8 Å². The second-order valence-electron chi connectivity index (χ2n) is 3.93. The smallest absolute Gasteiger partial charge is 0.270 e. The first-order valence-electron chi connectivity index (χ1n) is 5.76. The quantitative estimate of drug-likeness (QED) is 0.440. The van der Waals surface area contributed by atoms with Crippen LogP contribution < -0.4 is 4.74 Å². The average molecular weight is 255 g/mol. The van der Waals surface area contributed by atoms with E-state index in [4.69, 9.17) is 9.84 Å². The second-order valence-corrected chi connectivity index (χ2v) is 3.93. The van der Waals surface area contributed by atoms with Crippen LogP contribution in [-0.2, 0) is 0 Å². The summed E-state index contributed by atoms with van der Waals surface area (Å²) in [5.41, 5.74) is 0.321. The SMILES string of the molecule is C[C@H](O)c1cc([N+](=O)[O-])ccc1OCCCCO. The summed E-state index contributed by atoms with van der Waals surface area (Å²) >= 11 is 0. The Hall–Kier alpha value is -1.66. The normalized spacial score (nSPS) is 12.2. The predicted octanol–water partition coefficient (Wildman–Crippen LogP) is 1.80. The summed E-state index contributed by atoms with van der Waals surface area (Å²) in [6.45, 7) is 2.03. The van der Waals surface area contributed by atoms with E-state index < -0.39 is 11.0 Å². The van der Waals surface area contributed by atoms with Crippen LogP contribution >= 0.6 is 0 Å². The molecule has 0 amide bonds. The summed E-state index contributed by atoms with van der Waals surface area (Å²) in [4.78, 5) is 10.1. The van der Waals surface area contributed by atoms with Crippen LogP contribution in [0.1, 0.15) is 31.4 Å². The van der Waals surface area contributed by atoms with Gasteiger partial charge < -0.3 is 14.9 Å². The van der Waals surface area contributed by atoms with Crippen molar-refractivity contribution in [3.05, 3.63) is 33.9 Å². The highest BCUT2D eigenvalue weighted by Gasteiger charge is 2.15. The molecule has 0 unspecified atom stereocenters. The molecule has 0 bridgehead atoms. The zero-order chi connectivity index (χ0) is 13.5. The van der Waals surface area contributed by atoms with Crippen molar-refractivity contribution in [3.63, 3.8) is 0 Å². The van der Waals surface area contributed by atoms with Gasteiger partial charge >= 0.3 is 0 Å². The Morgan fingerprint density at radius 3 is 2.72 bits per heavy atom. The molecular formula is C12H17NO5. The van der Waals surface area contributed by atoms with E-state index in [1.807, 2.05) is 0 Å².